The Morgan fingerprint density at radius 3 is 1.93 bits per heavy atom. The normalized spacial score (nSPS) is 10.7. The highest BCUT2D eigenvalue weighted by Gasteiger charge is 2.19. The molecule has 0 spiro atoms. The summed E-state index contributed by atoms with van der Waals surface area (Å²) in [6, 6.07) is 0. The van der Waals surface area contributed by atoms with Crippen molar-refractivity contribution in [2.45, 2.75) is 41.2 Å². The number of nitrogens with zero attached hydrogens (tertiary/aromatic N) is 9. The number of carbonyl (C=O) groups is 1. The molecule has 0 bridgehead atoms. The first-order valence-electron chi connectivity index (χ1n) is 9.25. The van der Waals surface area contributed by atoms with Crippen LogP contribution in [0.15, 0.2) is 0 Å². The Morgan fingerprint density at radius 1 is 0.889 bits per heavy atom. The van der Waals surface area contributed by atoms with Crippen molar-refractivity contribution in [3.05, 3.63) is 0 Å². The van der Waals surface area contributed by atoms with E-state index < -0.39 is 5.97 Å². The van der Waals surface area contributed by atoms with Gasteiger partial charge in [0.2, 0.25) is 23.5 Å². The molecule has 0 radical (unpaired) electrons. The lowest BCUT2D eigenvalue weighted by atomic mass is 10.5. The molecule has 0 atom stereocenters. The molecule has 2 rings (SSSR count). The van der Waals surface area contributed by atoms with E-state index in [0.717, 1.165) is 26.2 Å². The summed E-state index contributed by atoms with van der Waals surface area (Å²) in [6.07, 6.45) is 0. The van der Waals surface area contributed by atoms with Gasteiger partial charge in [0.15, 0.2) is 6.54 Å². The third-order valence-corrected chi connectivity index (χ3v) is 3.93. The molecule has 148 valence electrons. The standard InChI is InChI=1S/C16H27N9O2/c1-6-23(7-2)15-17-13(18-16(19-15)24(8-3)9-4)14-20-22-25(21-14)11-12(26)27-10-5/h6-11H2,1-5H3. The summed E-state index contributed by atoms with van der Waals surface area (Å²) in [6.45, 7) is 13.1. The Labute approximate surface area is 158 Å². The Balaban J connectivity index is 2.40. The van der Waals surface area contributed by atoms with E-state index in [2.05, 4.69) is 30.4 Å². The zero-order valence-corrected chi connectivity index (χ0v) is 16.6. The SMILES string of the molecule is CCOC(=O)Cn1nnc(-c2nc(N(CC)CC)nc(N(CC)CC)n2)n1. The molecule has 0 amide bonds. The van der Waals surface area contributed by atoms with E-state index in [1.807, 2.05) is 37.5 Å². The first-order valence-corrected chi connectivity index (χ1v) is 9.25. The first-order chi connectivity index (χ1) is 13.1. The van der Waals surface area contributed by atoms with Crippen molar-refractivity contribution >= 4 is 17.9 Å². The zero-order valence-electron chi connectivity index (χ0n) is 16.6. The molecule has 11 nitrogen and oxygen atoms in total. The van der Waals surface area contributed by atoms with E-state index in [-0.39, 0.29) is 12.4 Å². The third kappa shape index (κ3) is 5.08. The lowest BCUT2D eigenvalue weighted by molar-refractivity contribution is -0.144. The Kier molecular flexibility index (Phi) is 7.38. The second-order valence-electron chi connectivity index (χ2n) is 5.55. The van der Waals surface area contributed by atoms with E-state index in [1.165, 1.54) is 4.80 Å². The average Bonchev–Trinajstić information content (AvgIpc) is 3.12. The number of ether oxygens (including phenoxy) is 1. The fourth-order valence-electron chi connectivity index (χ4n) is 2.47. The monoisotopic (exact) mass is 377 g/mol. The smallest absolute Gasteiger partial charge is 0.329 e. The molecular weight excluding hydrogens is 350 g/mol. The lowest BCUT2D eigenvalue weighted by Gasteiger charge is -2.23. The summed E-state index contributed by atoms with van der Waals surface area (Å²) in [5.74, 6) is 1.26. The Morgan fingerprint density at radius 2 is 1.44 bits per heavy atom. The molecule has 0 unspecified atom stereocenters. The maximum atomic E-state index is 11.6. The number of anilines is 2. The molecule has 0 saturated heterocycles. The van der Waals surface area contributed by atoms with Crippen LogP contribution in [0, 0.1) is 0 Å². The van der Waals surface area contributed by atoms with Gasteiger partial charge in [-0.05, 0) is 39.8 Å². The molecule has 0 saturated carbocycles. The number of esters is 1. The van der Waals surface area contributed by atoms with Crippen molar-refractivity contribution in [2.75, 3.05) is 42.6 Å². The molecule has 2 aromatic rings. The van der Waals surface area contributed by atoms with E-state index in [1.54, 1.807) is 6.92 Å². The Hall–Kier alpha value is -2.85. The van der Waals surface area contributed by atoms with Crippen LogP contribution in [0.2, 0.25) is 0 Å². The summed E-state index contributed by atoms with van der Waals surface area (Å²) >= 11 is 0. The van der Waals surface area contributed by atoms with Gasteiger partial charge in [0.05, 0.1) is 6.61 Å². The van der Waals surface area contributed by atoms with Gasteiger partial charge in [0, 0.05) is 26.2 Å². The van der Waals surface area contributed by atoms with Gasteiger partial charge >= 0.3 is 5.97 Å². The predicted molar refractivity (Wildman–Crippen MR) is 100 cm³/mol. The van der Waals surface area contributed by atoms with Gasteiger partial charge in [-0.1, -0.05) is 0 Å². The summed E-state index contributed by atoms with van der Waals surface area (Å²) < 4.78 is 4.90. The topological polar surface area (TPSA) is 115 Å². The van der Waals surface area contributed by atoms with Crippen molar-refractivity contribution in [1.82, 2.24) is 35.2 Å². The molecule has 11 heteroatoms. The molecule has 2 heterocycles. The van der Waals surface area contributed by atoms with Crippen molar-refractivity contribution < 1.29 is 9.53 Å². The van der Waals surface area contributed by atoms with Gasteiger partial charge in [0.25, 0.3) is 0 Å². The molecular formula is C16H27N9O2. The summed E-state index contributed by atoms with van der Waals surface area (Å²) in [4.78, 5) is 30.4. The van der Waals surface area contributed by atoms with Gasteiger partial charge in [-0.2, -0.15) is 19.7 Å². The predicted octanol–water partition coefficient (Wildman–Crippen LogP) is 0.781. The number of rotatable bonds is 10. The molecule has 2 aromatic heterocycles. The van der Waals surface area contributed by atoms with Gasteiger partial charge in [-0.25, -0.2) is 4.79 Å². The fraction of sp³-hybridized carbons (Fsp3) is 0.688. The summed E-state index contributed by atoms with van der Waals surface area (Å²) in [7, 11) is 0. The van der Waals surface area contributed by atoms with Crippen molar-refractivity contribution in [2.24, 2.45) is 0 Å². The van der Waals surface area contributed by atoms with Crippen LogP contribution in [-0.2, 0) is 16.1 Å². The highest BCUT2D eigenvalue weighted by atomic mass is 16.5. The largest absolute Gasteiger partial charge is 0.465 e. The average molecular weight is 377 g/mol. The highest BCUT2D eigenvalue weighted by molar-refractivity contribution is 5.68. The fourth-order valence-corrected chi connectivity index (χ4v) is 2.47. The van der Waals surface area contributed by atoms with Crippen LogP contribution in [0.3, 0.4) is 0 Å². The van der Waals surface area contributed by atoms with Crippen LogP contribution < -0.4 is 9.80 Å². The second kappa shape index (κ2) is 9.74. The van der Waals surface area contributed by atoms with E-state index in [0.29, 0.717) is 24.3 Å². The zero-order chi connectivity index (χ0) is 19.8. The van der Waals surface area contributed by atoms with Crippen molar-refractivity contribution in [3.63, 3.8) is 0 Å². The van der Waals surface area contributed by atoms with Crippen LogP contribution in [0.1, 0.15) is 34.6 Å². The number of aromatic nitrogens is 7. The molecule has 0 aliphatic rings. The quantitative estimate of drug-likeness (QED) is 0.550. The maximum absolute atomic E-state index is 11.6. The minimum Gasteiger partial charge on any atom is -0.465 e. The van der Waals surface area contributed by atoms with Crippen LogP contribution in [-0.4, -0.2) is 73.9 Å². The molecule has 0 aliphatic carbocycles. The van der Waals surface area contributed by atoms with Gasteiger partial charge in [0.1, 0.15) is 0 Å². The number of hydrogen-bond acceptors (Lipinski definition) is 10. The van der Waals surface area contributed by atoms with Crippen LogP contribution >= 0.6 is 0 Å². The molecule has 0 aliphatic heterocycles. The third-order valence-electron chi connectivity index (χ3n) is 3.93. The molecule has 0 fully saturated rings. The molecule has 0 aromatic carbocycles. The van der Waals surface area contributed by atoms with Crippen LogP contribution in [0.5, 0.6) is 0 Å². The van der Waals surface area contributed by atoms with Crippen molar-refractivity contribution in [1.29, 1.82) is 0 Å². The lowest BCUT2D eigenvalue weighted by Crippen LogP contribution is -2.29. The number of tetrazole rings is 1. The second-order valence-corrected chi connectivity index (χ2v) is 5.55. The summed E-state index contributed by atoms with van der Waals surface area (Å²) in [5.41, 5.74) is 0. The number of carbonyl (C=O) groups excluding carboxylic acids is 1. The van der Waals surface area contributed by atoms with Crippen molar-refractivity contribution in [3.8, 4) is 11.6 Å². The highest BCUT2D eigenvalue weighted by Crippen LogP contribution is 2.18. The first kappa shape index (κ1) is 20.5. The molecule has 0 N–H and O–H groups in total. The van der Waals surface area contributed by atoms with Gasteiger partial charge < -0.3 is 14.5 Å². The minimum atomic E-state index is -0.426. The Bertz CT molecular complexity index is 711. The van der Waals surface area contributed by atoms with Crippen LogP contribution in [0.25, 0.3) is 11.6 Å². The van der Waals surface area contributed by atoms with Gasteiger partial charge in [-0.3, -0.25) is 0 Å². The maximum Gasteiger partial charge on any atom is 0.329 e. The van der Waals surface area contributed by atoms with Crippen LogP contribution in [0.4, 0.5) is 11.9 Å². The summed E-state index contributed by atoms with van der Waals surface area (Å²) in [5, 5.41) is 12.1. The number of hydrogen-bond donors (Lipinski definition) is 0. The van der Waals surface area contributed by atoms with E-state index in [4.69, 9.17) is 4.74 Å². The minimum absolute atomic E-state index is 0.113. The molecule has 27 heavy (non-hydrogen) atoms. The van der Waals surface area contributed by atoms with E-state index in [9.17, 15) is 4.79 Å². The van der Waals surface area contributed by atoms with Gasteiger partial charge in [-0.15, -0.1) is 10.2 Å². The van der Waals surface area contributed by atoms with E-state index >= 15 is 0 Å².